The van der Waals surface area contributed by atoms with Crippen LogP contribution >= 0.6 is 0 Å². The zero-order valence-electron chi connectivity index (χ0n) is 6.09. The molecule has 3 heteroatoms. The van der Waals surface area contributed by atoms with Gasteiger partial charge in [-0.3, -0.25) is 0 Å². The fourth-order valence-electron chi connectivity index (χ4n) is 0.602. The minimum Gasteiger partial charge on any atom is -0.379 e. The highest BCUT2D eigenvalue weighted by atomic mass is 16.6. The molecule has 56 valence electrons. The Bertz CT molecular complexity index is 59.0. The van der Waals surface area contributed by atoms with E-state index >= 15 is 0 Å². The third-order valence-electron chi connectivity index (χ3n) is 1.09. The van der Waals surface area contributed by atoms with Crippen molar-refractivity contribution in [2.45, 2.75) is 26.4 Å². The van der Waals surface area contributed by atoms with Crippen LogP contribution in [0.25, 0.3) is 0 Å². The van der Waals surface area contributed by atoms with Crippen LogP contribution < -0.4 is 5.90 Å². The molecule has 0 aliphatic carbocycles. The Morgan fingerprint density at radius 1 is 1.56 bits per heavy atom. The molecule has 0 radical (unpaired) electrons. The molecule has 0 aromatic heterocycles. The van der Waals surface area contributed by atoms with Gasteiger partial charge in [0.15, 0.2) is 0 Å². The molecule has 0 heterocycles. The zero-order chi connectivity index (χ0) is 7.11. The predicted molar refractivity (Wildman–Crippen MR) is 35.8 cm³/mol. The summed E-state index contributed by atoms with van der Waals surface area (Å²) in [6.45, 7) is 5.30. The summed E-state index contributed by atoms with van der Waals surface area (Å²) < 4.78 is 5.21. The lowest BCUT2D eigenvalue weighted by atomic mass is 10.3. The SMILES string of the molecule is CCOC(C)CCON. The molecule has 0 saturated carbocycles. The lowest BCUT2D eigenvalue weighted by Crippen LogP contribution is -2.12. The van der Waals surface area contributed by atoms with Crippen LogP contribution in [-0.4, -0.2) is 19.3 Å². The van der Waals surface area contributed by atoms with E-state index in [4.69, 9.17) is 10.6 Å². The van der Waals surface area contributed by atoms with Gasteiger partial charge in [0.25, 0.3) is 0 Å². The second kappa shape index (κ2) is 6.01. The molecule has 2 N–H and O–H groups in total. The second-order valence-electron chi connectivity index (χ2n) is 1.93. The van der Waals surface area contributed by atoms with Gasteiger partial charge in [-0.2, -0.15) is 0 Å². The molecule has 0 bridgehead atoms. The average molecular weight is 133 g/mol. The highest BCUT2D eigenvalue weighted by molar-refractivity contribution is 4.46. The molecule has 0 saturated heterocycles. The molecule has 3 nitrogen and oxygen atoms in total. The van der Waals surface area contributed by atoms with Crippen molar-refractivity contribution in [3.8, 4) is 0 Å². The van der Waals surface area contributed by atoms with Gasteiger partial charge in [-0.05, 0) is 20.3 Å². The molecule has 9 heavy (non-hydrogen) atoms. The molecule has 0 spiro atoms. The zero-order valence-corrected chi connectivity index (χ0v) is 6.09. The van der Waals surface area contributed by atoms with Crippen LogP contribution in [0.1, 0.15) is 20.3 Å². The summed E-state index contributed by atoms with van der Waals surface area (Å²) >= 11 is 0. The summed E-state index contributed by atoms with van der Waals surface area (Å²) in [5.74, 6) is 4.82. The first-order valence-corrected chi connectivity index (χ1v) is 3.24. The van der Waals surface area contributed by atoms with Gasteiger partial charge in [-0.1, -0.05) is 0 Å². The van der Waals surface area contributed by atoms with Crippen molar-refractivity contribution in [1.82, 2.24) is 0 Å². The fourth-order valence-corrected chi connectivity index (χ4v) is 0.602. The molecule has 1 atom stereocenters. The second-order valence-corrected chi connectivity index (χ2v) is 1.93. The molecule has 0 aromatic carbocycles. The van der Waals surface area contributed by atoms with E-state index in [1.807, 2.05) is 13.8 Å². The Kier molecular flexibility index (Phi) is 5.93. The maximum Gasteiger partial charge on any atom is 0.0703 e. The van der Waals surface area contributed by atoms with E-state index in [-0.39, 0.29) is 6.10 Å². The quantitative estimate of drug-likeness (QED) is 0.561. The van der Waals surface area contributed by atoms with Crippen LogP contribution in [0.2, 0.25) is 0 Å². The van der Waals surface area contributed by atoms with Gasteiger partial charge in [0.2, 0.25) is 0 Å². The molecule has 0 amide bonds. The Labute approximate surface area is 56.1 Å². The van der Waals surface area contributed by atoms with E-state index in [1.54, 1.807) is 0 Å². The van der Waals surface area contributed by atoms with Gasteiger partial charge < -0.3 is 9.57 Å². The molecule has 0 fully saturated rings. The van der Waals surface area contributed by atoms with Gasteiger partial charge in [0.05, 0.1) is 12.7 Å². The average Bonchev–Trinajstić information content (AvgIpc) is 1.85. The Balaban J connectivity index is 2.95. The number of rotatable bonds is 5. The Hall–Kier alpha value is -0.120. The van der Waals surface area contributed by atoms with Gasteiger partial charge >= 0.3 is 0 Å². The molecule has 1 unspecified atom stereocenters. The van der Waals surface area contributed by atoms with E-state index in [0.29, 0.717) is 6.61 Å². The van der Waals surface area contributed by atoms with Crippen molar-refractivity contribution in [3.05, 3.63) is 0 Å². The van der Waals surface area contributed by atoms with Gasteiger partial charge in [0, 0.05) is 6.61 Å². The monoisotopic (exact) mass is 133 g/mol. The largest absolute Gasteiger partial charge is 0.379 e. The van der Waals surface area contributed by atoms with Crippen LogP contribution in [0, 0.1) is 0 Å². The standard InChI is InChI=1S/C6H15NO2/c1-3-8-6(2)4-5-9-7/h6H,3-5,7H2,1-2H3. The Morgan fingerprint density at radius 2 is 2.22 bits per heavy atom. The van der Waals surface area contributed by atoms with E-state index in [9.17, 15) is 0 Å². The summed E-state index contributed by atoms with van der Waals surface area (Å²) in [6, 6.07) is 0. The first-order valence-electron chi connectivity index (χ1n) is 3.24. The first-order chi connectivity index (χ1) is 4.31. The predicted octanol–water partition coefficient (Wildman–Crippen LogP) is 0.692. The van der Waals surface area contributed by atoms with E-state index in [0.717, 1.165) is 13.0 Å². The maximum atomic E-state index is 5.21. The van der Waals surface area contributed by atoms with Crippen molar-refractivity contribution in [2.75, 3.05) is 13.2 Å². The smallest absolute Gasteiger partial charge is 0.0703 e. The lowest BCUT2D eigenvalue weighted by molar-refractivity contribution is 0.0380. The van der Waals surface area contributed by atoms with Gasteiger partial charge in [-0.15, -0.1) is 0 Å². The van der Waals surface area contributed by atoms with Crippen molar-refractivity contribution < 1.29 is 9.57 Å². The van der Waals surface area contributed by atoms with Gasteiger partial charge in [0.1, 0.15) is 0 Å². The first kappa shape index (κ1) is 8.88. The fraction of sp³-hybridized carbons (Fsp3) is 1.00. The van der Waals surface area contributed by atoms with Crippen LogP contribution in [0.5, 0.6) is 0 Å². The number of hydrogen-bond acceptors (Lipinski definition) is 3. The van der Waals surface area contributed by atoms with Crippen molar-refractivity contribution >= 4 is 0 Å². The third-order valence-corrected chi connectivity index (χ3v) is 1.09. The van der Waals surface area contributed by atoms with E-state index < -0.39 is 0 Å². The van der Waals surface area contributed by atoms with Crippen LogP contribution in [0.4, 0.5) is 0 Å². The summed E-state index contributed by atoms with van der Waals surface area (Å²) in [7, 11) is 0. The van der Waals surface area contributed by atoms with Gasteiger partial charge in [-0.25, -0.2) is 5.90 Å². The van der Waals surface area contributed by atoms with Crippen molar-refractivity contribution in [1.29, 1.82) is 0 Å². The molecule has 0 aliphatic heterocycles. The maximum absolute atomic E-state index is 5.21. The molecular weight excluding hydrogens is 118 g/mol. The normalized spacial score (nSPS) is 13.7. The number of ether oxygens (including phenoxy) is 1. The third kappa shape index (κ3) is 5.76. The minimum absolute atomic E-state index is 0.263. The molecule has 0 aromatic rings. The molecular formula is C6H15NO2. The summed E-state index contributed by atoms with van der Waals surface area (Å²) in [5.41, 5.74) is 0. The molecule has 0 rings (SSSR count). The van der Waals surface area contributed by atoms with Crippen LogP contribution in [-0.2, 0) is 9.57 Å². The van der Waals surface area contributed by atoms with Crippen molar-refractivity contribution in [3.63, 3.8) is 0 Å². The van der Waals surface area contributed by atoms with Crippen LogP contribution in [0.3, 0.4) is 0 Å². The summed E-state index contributed by atoms with van der Waals surface area (Å²) in [4.78, 5) is 4.38. The van der Waals surface area contributed by atoms with E-state index in [2.05, 4.69) is 4.84 Å². The topological polar surface area (TPSA) is 44.5 Å². The number of hydrogen-bond donors (Lipinski definition) is 1. The highest BCUT2D eigenvalue weighted by Gasteiger charge is 1.98. The Morgan fingerprint density at radius 3 is 2.67 bits per heavy atom. The van der Waals surface area contributed by atoms with Crippen molar-refractivity contribution in [2.24, 2.45) is 5.90 Å². The summed E-state index contributed by atoms with van der Waals surface area (Å²) in [6.07, 6.45) is 1.13. The molecule has 0 aliphatic rings. The van der Waals surface area contributed by atoms with E-state index in [1.165, 1.54) is 0 Å². The van der Waals surface area contributed by atoms with Crippen LogP contribution in [0.15, 0.2) is 0 Å². The lowest BCUT2D eigenvalue weighted by Gasteiger charge is -2.08. The number of nitrogens with two attached hydrogens (primary N) is 1. The highest BCUT2D eigenvalue weighted by Crippen LogP contribution is 1.95. The minimum atomic E-state index is 0.263. The summed E-state index contributed by atoms with van der Waals surface area (Å²) in [5, 5.41) is 0.